The molecule has 2 aromatic carbocycles. The van der Waals surface area contributed by atoms with Gasteiger partial charge in [0.2, 0.25) is 0 Å². The highest BCUT2D eigenvalue weighted by molar-refractivity contribution is 5.96. The minimum Gasteiger partial charge on any atom is -0.448 e. The molecule has 4 bridgehead atoms. The van der Waals surface area contributed by atoms with E-state index in [9.17, 15) is 9.59 Å². The van der Waals surface area contributed by atoms with Crippen LogP contribution in [0.4, 0.5) is 0 Å². The van der Waals surface area contributed by atoms with Gasteiger partial charge >= 0.3 is 5.97 Å². The Morgan fingerprint density at radius 1 is 0.914 bits per heavy atom. The van der Waals surface area contributed by atoms with Crippen LogP contribution in [0.2, 0.25) is 0 Å². The van der Waals surface area contributed by atoms with Crippen LogP contribution in [0.5, 0.6) is 0 Å². The molecule has 6 rings (SSSR count). The van der Waals surface area contributed by atoms with E-state index in [1.54, 1.807) is 0 Å². The predicted octanol–water partition coefficient (Wildman–Crippen LogP) is 4.62. The molecule has 4 fully saturated rings. The van der Waals surface area contributed by atoms with E-state index in [2.05, 4.69) is 84.3 Å². The van der Waals surface area contributed by atoms with Gasteiger partial charge in [0.05, 0.1) is 5.41 Å². The summed E-state index contributed by atoms with van der Waals surface area (Å²) in [6.07, 6.45) is 3.38. The van der Waals surface area contributed by atoms with Crippen molar-refractivity contribution in [3.63, 3.8) is 0 Å². The van der Waals surface area contributed by atoms with E-state index in [1.165, 1.54) is 11.1 Å². The molecule has 0 aromatic heterocycles. The molecule has 4 aliphatic rings. The largest absolute Gasteiger partial charge is 0.448 e. The number of piperazine rings is 1. The highest BCUT2D eigenvalue weighted by atomic mass is 16.6. The zero-order chi connectivity index (χ0) is 24.4. The molecular weight excluding hydrogens is 436 g/mol. The first-order valence-corrected chi connectivity index (χ1v) is 13.2. The average molecular weight is 473 g/mol. The molecule has 5 nitrogen and oxygen atoms in total. The van der Waals surface area contributed by atoms with Crippen LogP contribution in [0.3, 0.4) is 0 Å². The normalized spacial score (nSPS) is 35.3. The fraction of sp³-hybridized carbons (Fsp3) is 0.533. The quantitative estimate of drug-likeness (QED) is 0.610. The van der Waals surface area contributed by atoms with Crippen molar-refractivity contribution < 1.29 is 14.3 Å². The Morgan fingerprint density at radius 2 is 1.54 bits per heavy atom. The number of amides is 1. The van der Waals surface area contributed by atoms with Gasteiger partial charge in [0.1, 0.15) is 0 Å². The summed E-state index contributed by atoms with van der Waals surface area (Å²) in [6, 6.07) is 22.3. The van der Waals surface area contributed by atoms with Gasteiger partial charge in [-0.3, -0.25) is 14.5 Å². The summed E-state index contributed by atoms with van der Waals surface area (Å²) in [4.78, 5) is 31.5. The van der Waals surface area contributed by atoms with E-state index in [-0.39, 0.29) is 17.9 Å². The number of esters is 1. The van der Waals surface area contributed by atoms with Crippen LogP contribution in [-0.4, -0.2) is 59.0 Å². The van der Waals surface area contributed by atoms with Gasteiger partial charge in [-0.05, 0) is 43.7 Å². The Morgan fingerprint density at radius 3 is 2.09 bits per heavy atom. The fourth-order valence-corrected chi connectivity index (χ4v) is 7.53. The minimum absolute atomic E-state index is 0.0443. The topological polar surface area (TPSA) is 49.9 Å². The van der Waals surface area contributed by atoms with E-state index in [4.69, 9.17) is 4.74 Å². The summed E-state index contributed by atoms with van der Waals surface area (Å²) >= 11 is 0. The molecule has 5 atom stereocenters. The lowest BCUT2D eigenvalue weighted by Crippen LogP contribution is -2.66. The highest BCUT2D eigenvalue weighted by Gasteiger charge is 2.76. The first-order valence-electron chi connectivity index (χ1n) is 13.2. The van der Waals surface area contributed by atoms with Gasteiger partial charge in [0.25, 0.3) is 5.91 Å². The Labute approximate surface area is 208 Å². The number of ether oxygens (including phenoxy) is 1. The lowest BCUT2D eigenvalue weighted by Gasteiger charge is -2.52. The van der Waals surface area contributed by atoms with E-state index >= 15 is 0 Å². The van der Waals surface area contributed by atoms with E-state index in [0.717, 1.165) is 32.4 Å². The molecule has 35 heavy (non-hydrogen) atoms. The maximum Gasteiger partial charge on any atom is 0.313 e. The Bertz CT molecular complexity index is 1090. The van der Waals surface area contributed by atoms with Gasteiger partial charge in [-0.2, -0.15) is 0 Å². The zero-order valence-corrected chi connectivity index (χ0v) is 21.1. The monoisotopic (exact) mass is 472 g/mol. The summed E-state index contributed by atoms with van der Waals surface area (Å²) in [7, 11) is 0. The molecule has 3 heterocycles. The molecule has 0 N–H and O–H groups in total. The zero-order valence-electron chi connectivity index (χ0n) is 21.1. The van der Waals surface area contributed by atoms with Crippen LogP contribution in [0.15, 0.2) is 60.7 Å². The lowest BCUT2D eigenvalue weighted by molar-refractivity contribution is -0.178. The summed E-state index contributed by atoms with van der Waals surface area (Å²) < 4.78 is 5.95. The van der Waals surface area contributed by atoms with Crippen molar-refractivity contribution in [2.24, 2.45) is 10.8 Å². The molecule has 1 aliphatic carbocycles. The van der Waals surface area contributed by atoms with Crippen molar-refractivity contribution in [2.75, 3.05) is 19.6 Å². The van der Waals surface area contributed by atoms with Crippen LogP contribution in [0, 0.1) is 10.8 Å². The number of rotatable bonds is 4. The summed E-state index contributed by atoms with van der Waals surface area (Å²) in [5.74, 6) is 0.158. The third-order valence-corrected chi connectivity index (χ3v) is 10.2. The van der Waals surface area contributed by atoms with Crippen LogP contribution in [0.1, 0.15) is 63.5 Å². The number of piperidine rings is 1. The average Bonchev–Trinajstić information content (AvgIpc) is 3.17. The van der Waals surface area contributed by atoms with Gasteiger partial charge in [0.15, 0.2) is 5.60 Å². The van der Waals surface area contributed by atoms with Crippen LogP contribution < -0.4 is 0 Å². The Hall–Kier alpha value is -2.66. The number of fused-ring (bicyclic) bond motifs is 4. The molecule has 1 saturated carbocycles. The molecule has 1 amide bonds. The van der Waals surface area contributed by atoms with Gasteiger partial charge in [-0.15, -0.1) is 0 Å². The maximum absolute atomic E-state index is 14.1. The number of carbonyl (C=O) groups is 2. The van der Waals surface area contributed by atoms with Crippen molar-refractivity contribution >= 4 is 11.9 Å². The van der Waals surface area contributed by atoms with E-state index < -0.39 is 16.4 Å². The molecule has 2 aromatic rings. The molecule has 3 aliphatic heterocycles. The highest BCUT2D eigenvalue weighted by Crippen LogP contribution is 2.66. The summed E-state index contributed by atoms with van der Waals surface area (Å²) in [5, 5.41) is 0. The van der Waals surface area contributed by atoms with E-state index in [1.807, 2.05) is 6.92 Å². The van der Waals surface area contributed by atoms with Gasteiger partial charge in [-0.1, -0.05) is 74.5 Å². The van der Waals surface area contributed by atoms with Gasteiger partial charge < -0.3 is 9.64 Å². The number of carbonyl (C=O) groups excluding carboxylic acids is 2. The maximum atomic E-state index is 14.1. The number of benzene rings is 2. The summed E-state index contributed by atoms with van der Waals surface area (Å²) in [6.45, 7) is 8.52. The number of nitrogens with zero attached hydrogens (tertiary/aromatic N) is 2. The smallest absolute Gasteiger partial charge is 0.313 e. The Balaban J connectivity index is 1.25. The molecule has 3 saturated heterocycles. The molecule has 0 radical (unpaired) electrons. The van der Waals surface area contributed by atoms with Crippen molar-refractivity contribution in [3.8, 4) is 0 Å². The molecular formula is C30H36N2O3. The minimum atomic E-state index is -1.01. The second-order valence-corrected chi connectivity index (χ2v) is 11.8. The van der Waals surface area contributed by atoms with Crippen LogP contribution >= 0.6 is 0 Å². The van der Waals surface area contributed by atoms with E-state index in [0.29, 0.717) is 24.9 Å². The summed E-state index contributed by atoms with van der Waals surface area (Å²) in [5.41, 5.74) is 0.637. The van der Waals surface area contributed by atoms with Crippen molar-refractivity contribution in [3.05, 3.63) is 71.8 Å². The van der Waals surface area contributed by atoms with Gasteiger partial charge in [-0.25, -0.2) is 0 Å². The number of hydrogen-bond acceptors (Lipinski definition) is 4. The second kappa shape index (κ2) is 7.92. The predicted molar refractivity (Wildman–Crippen MR) is 135 cm³/mol. The first-order chi connectivity index (χ1) is 16.8. The third-order valence-electron chi connectivity index (χ3n) is 10.2. The van der Waals surface area contributed by atoms with Crippen molar-refractivity contribution in [1.82, 2.24) is 9.80 Å². The standard InChI is InChI=1S/C30H36N2O3/c1-28(2)29(3)16-17-30(28,35-27(29)34)26(33)32-19-18-31-20-23(32)14-15-24(31)25(21-10-6-4-7-11-21)22-12-8-5-9-13-22/h4-13,23-25H,14-20H2,1-3H3/t23-,24-,29-,30+/m1/s1. The Kier molecular flexibility index (Phi) is 5.16. The third kappa shape index (κ3) is 3.10. The fourth-order valence-electron chi connectivity index (χ4n) is 7.53. The van der Waals surface area contributed by atoms with Crippen LogP contribution in [-0.2, 0) is 14.3 Å². The van der Waals surface area contributed by atoms with Gasteiger partial charge in [0, 0.05) is 43.1 Å². The second-order valence-electron chi connectivity index (χ2n) is 11.8. The number of hydrogen-bond donors (Lipinski definition) is 0. The molecule has 1 unspecified atom stereocenters. The SMILES string of the molecule is CC1(C)[C@@]2(C(=O)N3CCN4C[C@H]3CC[C@@H]4C(c3ccccc3)c3ccccc3)CC[C@]1(C)C(=O)O2. The van der Waals surface area contributed by atoms with Crippen molar-refractivity contribution in [2.45, 2.75) is 70.1 Å². The molecule has 184 valence electrons. The lowest BCUT2D eigenvalue weighted by atomic mass is 9.66. The molecule has 0 spiro atoms. The molecule has 5 heteroatoms. The van der Waals surface area contributed by atoms with Crippen molar-refractivity contribution in [1.29, 1.82) is 0 Å². The van der Waals surface area contributed by atoms with Crippen LogP contribution in [0.25, 0.3) is 0 Å². The first kappa shape index (κ1) is 22.8.